The van der Waals surface area contributed by atoms with Gasteiger partial charge in [-0.15, -0.1) is 0 Å². The van der Waals surface area contributed by atoms with Gasteiger partial charge in [0.1, 0.15) is 10.9 Å². The molecular weight excluding hydrogens is 442 g/mol. The van der Waals surface area contributed by atoms with Crippen LogP contribution in [-0.4, -0.2) is 39.5 Å². The first kappa shape index (κ1) is 22.2. The van der Waals surface area contributed by atoms with Gasteiger partial charge in [0.05, 0.1) is 16.2 Å². The summed E-state index contributed by atoms with van der Waals surface area (Å²) in [5, 5.41) is 2.90. The molecule has 0 radical (unpaired) electrons. The normalized spacial score (nSPS) is 18.1. The average molecular weight is 466 g/mol. The highest BCUT2D eigenvalue weighted by Gasteiger charge is 2.43. The van der Waals surface area contributed by atoms with E-state index in [0.717, 1.165) is 22.9 Å². The zero-order valence-corrected chi connectivity index (χ0v) is 19.9. The first-order chi connectivity index (χ1) is 15.2. The molecule has 0 aromatic heterocycles. The molecule has 1 N–H and O–H groups in total. The van der Waals surface area contributed by atoms with Crippen LogP contribution in [0.5, 0.6) is 0 Å². The summed E-state index contributed by atoms with van der Waals surface area (Å²) in [6.07, 6.45) is 0. The number of hydrogen-bond donors (Lipinski definition) is 1. The molecule has 0 spiro atoms. The lowest BCUT2D eigenvalue weighted by Gasteiger charge is -2.18. The van der Waals surface area contributed by atoms with Crippen LogP contribution in [0.1, 0.15) is 30.5 Å². The van der Waals surface area contributed by atoms with E-state index in [2.05, 4.69) is 5.32 Å². The largest absolute Gasteiger partial charge is 0.324 e. The molecule has 2 aromatic carbocycles. The maximum atomic E-state index is 13.4. The highest BCUT2D eigenvalue weighted by molar-refractivity contribution is 8.26. The van der Waals surface area contributed by atoms with Crippen LogP contribution in [0.15, 0.2) is 47.4 Å². The van der Waals surface area contributed by atoms with Crippen molar-refractivity contribution in [2.45, 2.75) is 33.7 Å². The van der Waals surface area contributed by atoms with Crippen molar-refractivity contribution in [1.29, 1.82) is 0 Å². The van der Waals surface area contributed by atoms with Crippen molar-refractivity contribution in [1.82, 2.24) is 4.90 Å². The number of fused-ring (bicyclic) bond motifs is 1. The van der Waals surface area contributed by atoms with Crippen molar-refractivity contribution >= 4 is 63.0 Å². The number of carbonyl (C=O) groups is 3. The van der Waals surface area contributed by atoms with E-state index in [1.54, 1.807) is 12.1 Å². The molecule has 3 amide bonds. The third kappa shape index (κ3) is 3.84. The van der Waals surface area contributed by atoms with Crippen LogP contribution in [0, 0.1) is 13.8 Å². The molecule has 8 heteroatoms. The number of anilines is 2. The van der Waals surface area contributed by atoms with Crippen LogP contribution < -0.4 is 10.2 Å². The molecule has 2 aliphatic heterocycles. The third-order valence-electron chi connectivity index (χ3n) is 5.43. The molecule has 1 fully saturated rings. The summed E-state index contributed by atoms with van der Waals surface area (Å²) in [6.45, 7) is 7.48. The van der Waals surface area contributed by atoms with Gasteiger partial charge >= 0.3 is 0 Å². The van der Waals surface area contributed by atoms with Gasteiger partial charge in [0, 0.05) is 17.3 Å². The van der Waals surface area contributed by atoms with E-state index in [-0.39, 0.29) is 30.3 Å². The summed E-state index contributed by atoms with van der Waals surface area (Å²) in [4.78, 5) is 42.6. The number of rotatable bonds is 4. The molecule has 0 aliphatic carbocycles. The SMILES string of the molecule is Cc1ccc(C)c(NC(=O)CN2C(=O)C(=C3SC(=S)N(C(C)C)C3=O)c3ccccc32)c1. The Morgan fingerprint density at radius 2 is 1.81 bits per heavy atom. The quantitative estimate of drug-likeness (QED) is 0.540. The molecule has 0 atom stereocenters. The number of thioether (sulfide) groups is 1. The van der Waals surface area contributed by atoms with Crippen molar-refractivity contribution in [3.05, 3.63) is 64.1 Å². The van der Waals surface area contributed by atoms with E-state index >= 15 is 0 Å². The number of hydrogen-bond acceptors (Lipinski definition) is 5. The van der Waals surface area contributed by atoms with Gasteiger partial charge in [-0.1, -0.05) is 54.3 Å². The highest BCUT2D eigenvalue weighted by Crippen LogP contribution is 2.44. The minimum absolute atomic E-state index is 0.105. The first-order valence-electron chi connectivity index (χ1n) is 10.3. The number of amides is 3. The molecule has 1 saturated heterocycles. The standard InChI is InChI=1S/C24H23N3O3S2/c1-13(2)27-23(30)21(32-24(27)31)20-16-7-5-6-8-18(16)26(22(20)29)12-19(28)25-17-11-14(3)9-10-15(17)4/h5-11,13H,12H2,1-4H3,(H,25,28). The maximum Gasteiger partial charge on any atom is 0.267 e. The molecular formula is C24H23N3O3S2. The Hall–Kier alpha value is -2.97. The summed E-state index contributed by atoms with van der Waals surface area (Å²) in [5.74, 6) is -0.945. The zero-order valence-electron chi connectivity index (χ0n) is 18.3. The Morgan fingerprint density at radius 1 is 1.09 bits per heavy atom. The molecule has 0 unspecified atom stereocenters. The van der Waals surface area contributed by atoms with E-state index in [1.165, 1.54) is 9.80 Å². The van der Waals surface area contributed by atoms with Gasteiger partial charge in [0.2, 0.25) is 5.91 Å². The van der Waals surface area contributed by atoms with E-state index in [1.807, 2.05) is 58.0 Å². The number of thiocarbonyl (C=S) groups is 1. The molecule has 32 heavy (non-hydrogen) atoms. The predicted octanol–water partition coefficient (Wildman–Crippen LogP) is 4.27. The Bertz CT molecular complexity index is 1200. The van der Waals surface area contributed by atoms with Crippen molar-refractivity contribution in [2.24, 2.45) is 0 Å². The Morgan fingerprint density at radius 3 is 2.50 bits per heavy atom. The van der Waals surface area contributed by atoms with Gasteiger partial charge in [-0.3, -0.25) is 24.2 Å². The van der Waals surface area contributed by atoms with Crippen LogP contribution in [-0.2, 0) is 14.4 Å². The number of nitrogens with one attached hydrogen (secondary N) is 1. The number of para-hydroxylation sites is 1. The van der Waals surface area contributed by atoms with Crippen LogP contribution in [0.3, 0.4) is 0 Å². The van der Waals surface area contributed by atoms with E-state index in [4.69, 9.17) is 12.2 Å². The third-order valence-corrected chi connectivity index (χ3v) is 6.84. The highest BCUT2D eigenvalue weighted by atomic mass is 32.2. The fourth-order valence-corrected chi connectivity index (χ4v) is 5.43. The van der Waals surface area contributed by atoms with Gasteiger partial charge in [-0.2, -0.15) is 0 Å². The predicted molar refractivity (Wildman–Crippen MR) is 132 cm³/mol. The number of aryl methyl sites for hydroxylation is 2. The molecule has 4 rings (SSSR count). The lowest BCUT2D eigenvalue weighted by atomic mass is 10.1. The van der Waals surface area contributed by atoms with Crippen LogP contribution in [0.4, 0.5) is 11.4 Å². The second kappa shape index (κ2) is 8.52. The molecule has 2 aromatic rings. The summed E-state index contributed by atoms with van der Waals surface area (Å²) in [6, 6.07) is 12.9. The van der Waals surface area contributed by atoms with Gasteiger partial charge in [0.25, 0.3) is 11.8 Å². The topological polar surface area (TPSA) is 69.7 Å². The zero-order chi connectivity index (χ0) is 23.2. The van der Waals surface area contributed by atoms with Gasteiger partial charge in [0.15, 0.2) is 0 Å². The molecule has 0 bridgehead atoms. The van der Waals surface area contributed by atoms with Crippen molar-refractivity contribution in [2.75, 3.05) is 16.8 Å². The fraction of sp³-hybridized carbons (Fsp3) is 0.250. The molecule has 0 saturated carbocycles. The fourth-order valence-electron chi connectivity index (χ4n) is 3.84. The Kier molecular flexibility index (Phi) is 5.92. The van der Waals surface area contributed by atoms with E-state index < -0.39 is 0 Å². The Labute approximate surface area is 196 Å². The van der Waals surface area contributed by atoms with Gasteiger partial charge in [-0.25, -0.2) is 0 Å². The Balaban J connectivity index is 1.67. The van der Waals surface area contributed by atoms with E-state index in [9.17, 15) is 14.4 Å². The molecule has 2 aliphatic rings. The molecule has 2 heterocycles. The number of nitrogens with zero attached hydrogens (tertiary/aromatic N) is 2. The van der Waals surface area contributed by atoms with Crippen LogP contribution in [0.2, 0.25) is 0 Å². The van der Waals surface area contributed by atoms with Crippen LogP contribution >= 0.6 is 24.0 Å². The first-order valence-corrected chi connectivity index (χ1v) is 11.5. The summed E-state index contributed by atoms with van der Waals surface area (Å²) in [5.41, 5.74) is 4.24. The summed E-state index contributed by atoms with van der Waals surface area (Å²) in [7, 11) is 0. The second-order valence-corrected chi connectivity index (χ2v) is 9.76. The maximum absolute atomic E-state index is 13.4. The monoisotopic (exact) mass is 465 g/mol. The van der Waals surface area contributed by atoms with Crippen molar-refractivity contribution < 1.29 is 14.4 Å². The lowest BCUT2D eigenvalue weighted by molar-refractivity contribution is -0.123. The van der Waals surface area contributed by atoms with Gasteiger partial charge < -0.3 is 5.32 Å². The smallest absolute Gasteiger partial charge is 0.267 e. The lowest BCUT2D eigenvalue weighted by Crippen LogP contribution is -2.36. The number of benzene rings is 2. The second-order valence-electron chi connectivity index (χ2n) is 8.12. The van der Waals surface area contributed by atoms with Gasteiger partial charge in [-0.05, 0) is 51.0 Å². The number of carbonyl (C=O) groups excluding carboxylic acids is 3. The van der Waals surface area contributed by atoms with E-state index in [0.29, 0.717) is 31.7 Å². The summed E-state index contributed by atoms with van der Waals surface area (Å²) < 4.78 is 0.434. The minimum atomic E-state index is -0.369. The molecule has 6 nitrogen and oxygen atoms in total. The minimum Gasteiger partial charge on any atom is -0.324 e. The van der Waals surface area contributed by atoms with Crippen LogP contribution in [0.25, 0.3) is 5.57 Å². The van der Waals surface area contributed by atoms with Crippen molar-refractivity contribution in [3.63, 3.8) is 0 Å². The van der Waals surface area contributed by atoms with Crippen molar-refractivity contribution in [3.8, 4) is 0 Å². The average Bonchev–Trinajstić information content (AvgIpc) is 3.17. The molecule has 164 valence electrons. The summed E-state index contributed by atoms with van der Waals surface area (Å²) >= 11 is 6.52.